The van der Waals surface area contributed by atoms with Crippen LogP contribution in [0.1, 0.15) is 30.9 Å². The van der Waals surface area contributed by atoms with E-state index in [2.05, 4.69) is 33.1 Å². The normalized spacial score (nSPS) is 10.5. The summed E-state index contributed by atoms with van der Waals surface area (Å²) >= 11 is 0. The highest BCUT2D eigenvalue weighted by Crippen LogP contribution is 2.31. The zero-order valence-corrected chi connectivity index (χ0v) is 18.1. The summed E-state index contributed by atoms with van der Waals surface area (Å²) in [5, 5.41) is 17.9. The number of rotatable bonds is 11. The molecule has 0 saturated heterocycles. The molecule has 0 atom stereocenters. The van der Waals surface area contributed by atoms with Gasteiger partial charge in [-0.1, -0.05) is 48.3 Å². The van der Waals surface area contributed by atoms with E-state index >= 15 is 0 Å². The van der Waals surface area contributed by atoms with Crippen LogP contribution in [-0.4, -0.2) is 39.8 Å². The minimum atomic E-state index is -0.253. The summed E-state index contributed by atoms with van der Waals surface area (Å²) in [4.78, 5) is 12.3. The van der Waals surface area contributed by atoms with Gasteiger partial charge in [-0.2, -0.15) is 0 Å². The largest absolute Gasteiger partial charge is 0.493 e. The van der Waals surface area contributed by atoms with E-state index in [1.165, 1.54) is 0 Å². The van der Waals surface area contributed by atoms with Crippen molar-refractivity contribution in [3.63, 3.8) is 0 Å². The molecule has 0 spiro atoms. The molecule has 0 unspecified atom stereocenters. The van der Waals surface area contributed by atoms with E-state index < -0.39 is 0 Å². The molecule has 0 aliphatic heterocycles. The number of benzene rings is 2. The van der Waals surface area contributed by atoms with Crippen LogP contribution in [0.2, 0.25) is 0 Å². The molecule has 1 amide bonds. The molecular formula is C22H28N6O3. The van der Waals surface area contributed by atoms with Gasteiger partial charge in [0.15, 0.2) is 18.1 Å². The average molecular weight is 425 g/mol. The molecule has 0 radical (unpaired) electrons. The van der Waals surface area contributed by atoms with Crippen LogP contribution in [0.4, 0.5) is 11.6 Å². The zero-order valence-electron chi connectivity index (χ0n) is 18.1. The molecule has 2 N–H and O–H groups in total. The van der Waals surface area contributed by atoms with Gasteiger partial charge in [-0.05, 0) is 42.0 Å². The Hall–Kier alpha value is -3.62. The molecule has 0 bridgehead atoms. The maximum atomic E-state index is 12.3. The number of hydrogen-bond donors (Lipinski definition) is 2. The summed E-state index contributed by atoms with van der Waals surface area (Å²) in [5.41, 5.74) is 2.67. The average Bonchev–Trinajstić information content (AvgIpc) is 3.23. The molecule has 164 valence electrons. The molecule has 3 rings (SSSR count). The Kier molecular flexibility index (Phi) is 7.80. The van der Waals surface area contributed by atoms with Gasteiger partial charge in [0.25, 0.3) is 5.91 Å². The van der Waals surface area contributed by atoms with E-state index in [4.69, 9.17) is 9.47 Å². The first-order valence-corrected chi connectivity index (χ1v) is 10.3. The molecule has 3 aromatic rings. The second kappa shape index (κ2) is 11.0. The van der Waals surface area contributed by atoms with Crippen LogP contribution in [0.3, 0.4) is 0 Å². The number of methoxy groups -OCH3 is 1. The van der Waals surface area contributed by atoms with E-state index in [0.717, 1.165) is 36.2 Å². The van der Waals surface area contributed by atoms with Crippen LogP contribution >= 0.6 is 0 Å². The van der Waals surface area contributed by atoms with Gasteiger partial charge < -0.3 is 20.1 Å². The lowest BCUT2D eigenvalue weighted by atomic mass is 10.2. The second-order valence-electron chi connectivity index (χ2n) is 7.08. The number of aryl methyl sites for hydroxylation is 2. The second-order valence-corrected chi connectivity index (χ2v) is 7.08. The number of carbonyl (C=O) groups is 1. The van der Waals surface area contributed by atoms with Crippen LogP contribution in [0.5, 0.6) is 11.5 Å². The molecule has 31 heavy (non-hydrogen) atoms. The molecule has 0 aliphatic carbocycles. The van der Waals surface area contributed by atoms with Crippen LogP contribution in [0.25, 0.3) is 0 Å². The summed E-state index contributed by atoms with van der Waals surface area (Å²) in [6.45, 7) is 5.13. The van der Waals surface area contributed by atoms with Gasteiger partial charge in [-0.3, -0.25) is 4.79 Å². The standard InChI is InChI=1S/C22H28N6O3/c1-4-5-13-28-22(25-26-27-28)23-14-17-7-6-8-19(30-3)21(17)31-15-20(29)24-18-11-9-16(2)10-12-18/h6-12H,4-5,13-15H2,1-3H3,(H,24,29)(H,23,25,27). The third-order valence-corrected chi connectivity index (χ3v) is 4.66. The number of amides is 1. The fourth-order valence-corrected chi connectivity index (χ4v) is 2.96. The highest BCUT2D eigenvalue weighted by molar-refractivity contribution is 5.91. The Morgan fingerprint density at radius 1 is 1.16 bits per heavy atom. The minimum absolute atomic E-state index is 0.143. The maximum absolute atomic E-state index is 12.3. The van der Waals surface area contributed by atoms with Gasteiger partial charge in [-0.25, -0.2) is 4.68 Å². The van der Waals surface area contributed by atoms with Crippen molar-refractivity contribution in [2.75, 3.05) is 24.4 Å². The van der Waals surface area contributed by atoms with Gasteiger partial charge >= 0.3 is 0 Å². The van der Waals surface area contributed by atoms with Crippen molar-refractivity contribution in [1.82, 2.24) is 20.2 Å². The molecule has 1 heterocycles. The summed E-state index contributed by atoms with van der Waals surface area (Å²) in [5.74, 6) is 1.38. The molecule has 9 heteroatoms. The smallest absolute Gasteiger partial charge is 0.262 e. The SMILES string of the molecule is CCCCn1nnnc1NCc1cccc(OC)c1OCC(=O)Nc1ccc(C)cc1. The highest BCUT2D eigenvalue weighted by Gasteiger charge is 2.14. The quantitative estimate of drug-likeness (QED) is 0.486. The lowest BCUT2D eigenvalue weighted by Gasteiger charge is -2.16. The summed E-state index contributed by atoms with van der Waals surface area (Å²) in [6, 6.07) is 13.2. The predicted molar refractivity (Wildman–Crippen MR) is 118 cm³/mol. The van der Waals surface area contributed by atoms with Crippen molar-refractivity contribution >= 4 is 17.5 Å². The van der Waals surface area contributed by atoms with Crippen LogP contribution < -0.4 is 20.1 Å². The van der Waals surface area contributed by atoms with Crippen LogP contribution in [0.15, 0.2) is 42.5 Å². The number of hydrogen-bond acceptors (Lipinski definition) is 7. The molecule has 9 nitrogen and oxygen atoms in total. The third-order valence-electron chi connectivity index (χ3n) is 4.66. The van der Waals surface area contributed by atoms with Gasteiger partial charge in [0, 0.05) is 24.3 Å². The number of para-hydroxylation sites is 1. The maximum Gasteiger partial charge on any atom is 0.262 e. The molecule has 1 aromatic heterocycles. The monoisotopic (exact) mass is 424 g/mol. The van der Waals surface area contributed by atoms with Crippen molar-refractivity contribution < 1.29 is 14.3 Å². The van der Waals surface area contributed by atoms with Gasteiger partial charge in [0.1, 0.15) is 0 Å². The first kappa shape index (κ1) is 22.1. The summed E-state index contributed by atoms with van der Waals surface area (Å²) in [7, 11) is 1.57. The molecule has 2 aromatic carbocycles. The first-order valence-electron chi connectivity index (χ1n) is 10.3. The topological polar surface area (TPSA) is 103 Å². The molecule has 0 saturated carbocycles. The number of nitrogens with one attached hydrogen (secondary N) is 2. The molecule has 0 fully saturated rings. The molecular weight excluding hydrogens is 396 g/mol. The number of nitrogens with zero attached hydrogens (tertiary/aromatic N) is 4. The zero-order chi connectivity index (χ0) is 22.1. The van der Waals surface area contributed by atoms with E-state index in [9.17, 15) is 4.79 Å². The van der Waals surface area contributed by atoms with Crippen molar-refractivity contribution in [3.8, 4) is 11.5 Å². The predicted octanol–water partition coefficient (Wildman–Crippen LogP) is 3.42. The minimum Gasteiger partial charge on any atom is -0.493 e. The Morgan fingerprint density at radius 2 is 1.97 bits per heavy atom. The Balaban J connectivity index is 1.65. The number of anilines is 2. The third kappa shape index (κ3) is 6.18. The van der Waals surface area contributed by atoms with Crippen molar-refractivity contribution in [1.29, 1.82) is 0 Å². The molecule has 0 aliphatic rings. The number of aromatic nitrogens is 4. The Labute approximate surface area is 181 Å². The number of tetrazole rings is 1. The van der Waals surface area contributed by atoms with Crippen molar-refractivity contribution in [2.45, 2.75) is 39.8 Å². The lowest BCUT2D eigenvalue weighted by Crippen LogP contribution is -2.21. The van der Waals surface area contributed by atoms with E-state index in [1.54, 1.807) is 17.9 Å². The Bertz CT molecular complexity index is 987. The van der Waals surface area contributed by atoms with E-state index in [-0.39, 0.29) is 12.5 Å². The Morgan fingerprint density at radius 3 is 2.71 bits per heavy atom. The number of unbranched alkanes of at least 4 members (excludes halogenated alkanes) is 1. The summed E-state index contributed by atoms with van der Waals surface area (Å²) in [6.07, 6.45) is 2.04. The fraction of sp³-hybridized carbons (Fsp3) is 0.364. The van der Waals surface area contributed by atoms with Crippen molar-refractivity contribution in [3.05, 3.63) is 53.6 Å². The van der Waals surface area contributed by atoms with Crippen LogP contribution in [-0.2, 0) is 17.9 Å². The van der Waals surface area contributed by atoms with Gasteiger partial charge in [0.2, 0.25) is 5.95 Å². The van der Waals surface area contributed by atoms with E-state index in [0.29, 0.717) is 24.0 Å². The fourth-order valence-electron chi connectivity index (χ4n) is 2.96. The lowest BCUT2D eigenvalue weighted by molar-refractivity contribution is -0.118. The van der Waals surface area contributed by atoms with Gasteiger partial charge in [0.05, 0.1) is 7.11 Å². The van der Waals surface area contributed by atoms with E-state index in [1.807, 2.05) is 43.3 Å². The van der Waals surface area contributed by atoms with Crippen LogP contribution in [0, 0.1) is 6.92 Å². The number of carbonyl (C=O) groups excluding carboxylic acids is 1. The first-order chi connectivity index (χ1) is 15.1. The van der Waals surface area contributed by atoms with Gasteiger partial charge in [-0.15, -0.1) is 0 Å². The summed E-state index contributed by atoms with van der Waals surface area (Å²) < 4.78 is 13.0. The highest BCUT2D eigenvalue weighted by atomic mass is 16.5. The number of ether oxygens (including phenoxy) is 2. The van der Waals surface area contributed by atoms with Crippen molar-refractivity contribution in [2.24, 2.45) is 0 Å².